The Kier molecular flexibility index (Phi) is 6.08. The number of carboxylic acids is 1. The molecular formula is C12H13Cl2NO4. The van der Waals surface area contributed by atoms with Crippen LogP contribution in [0.4, 0.5) is 0 Å². The fourth-order valence-electron chi connectivity index (χ4n) is 1.41. The summed E-state index contributed by atoms with van der Waals surface area (Å²) in [5, 5.41) is 11.9. The number of carboxylic acid groups (broad SMARTS) is 1. The Balaban J connectivity index is 2.61. The number of methoxy groups -OCH3 is 1. The predicted molar refractivity (Wildman–Crippen MR) is 71.8 cm³/mol. The zero-order chi connectivity index (χ0) is 14.4. The van der Waals surface area contributed by atoms with E-state index in [1.165, 1.54) is 19.2 Å². The highest BCUT2D eigenvalue weighted by atomic mass is 35.5. The van der Waals surface area contributed by atoms with E-state index in [-0.39, 0.29) is 23.6 Å². The monoisotopic (exact) mass is 305 g/mol. The summed E-state index contributed by atoms with van der Waals surface area (Å²) in [4.78, 5) is 22.4. The zero-order valence-electron chi connectivity index (χ0n) is 10.2. The highest BCUT2D eigenvalue weighted by molar-refractivity contribution is 6.36. The molecule has 0 aliphatic rings. The number of carbonyl (C=O) groups excluding carboxylic acids is 1. The van der Waals surface area contributed by atoms with E-state index in [4.69, 9.17) is 33.0 Å². The highest BCUT2D eigenvalue weighted by Crippen LogP contribution is 2.20. The van der Waals surface area contributed by atoms with Crippen molar-refractivity contribution in [1.82, 2.24) is 5.32 Å². The molecule has 7 heteroatoms. The van der Waals surface area contributed by atoms with Crippen LogP contribution in [0.3, 0.4) is 0 Å². The third kappa shape index (κ3) is 5.06. The molecule has 2 N–H and O–H groups in total. The summed E-state index contributed by atoms with van der Waals surface area (Å²) in [6.45, 7) is 0.0839. The predicted octanol–water partition coefficient (Wildman–Crippen LogP) is 2.21. The van der Waals surface area contributed by atoms with E-state index in [0.29, 0.717) is 5.02 Å². The number of hydrogen-bond acceptors (Lipinski definition) is 3. The zero-order valence-corrected chi connectivity index (χ0v) is 11.7. The van der Waals surface area contributed by atoms with Gasteiger partial charge in [0.25, 0.3) is 5.91 Å². The van der Waals surface area contributed by atoms with Crippen molar-refractivity contribution in [2.75, 3.05) is 13.7 Å². The molecule has 0 heterocycles. The van der Waals surface area contributed by atoms with Gasteiger partial charge in [-0.05, 0) is 18.2 Å². The van der Waals surface area contributed by atoms with Crippen LogP contribution in [0, 0.1) is 0 Å². The van der Waals surface area contributed by atoms with Crippen LogP contribution in [0.1, 0.15) is 16.8 Å². The molecule has 0 saturated carbocycles. The maximum absolute atomic E-state index is 11.8. The Bertz CT molecular complexity index is 479. The van der Waals surface area contributed by atoms with Gasteiger partial charge in [0.05, 0.1) is 23.1 Å². The summed E-state index contributed by atoms with van der Waals surface area (Å²) in [5.74, 6) is -1.40. The van der Waals surface area contributed by atoms with Gasteiger partial charge in [-0.2, -0.15) is 0 Å². The number of aliphatic carboxylic acids is 1. The normalized spacial score (nSPS) is 11.9. The molecule has 0 aliphatic carbocycles. The topological polar surface area (TPSA) is 75.6 Å². The van der Waals surface area contributed by atoms with Crippen LogP contribution >= 0.6 is 23.2 Å². The Morgan fingerprint density at radius 2 is 2.11 bits per heavy atom. The van der Waals surface area contributed by atoms with E-state index < -0.39 is 18.0 Å². The van der Waals surface area contributed by atoms with Gasteiger partial charge in [0.2, 0.25) is 0 Å². The summed E-state index contributed by atoms with van der Waals surface area (Å²) in [7, 11) is 1.38. The maximum atomic E-state index is 11.8. The summed E-state index contributed by atoms with van der Waals surface area (Å²) < 4.78 is 4.95. The lowest BCUT2D eigenvalue weighted by molar-refractivity contribution is -0.139. The number of halogens is 2. The second-order valence-corrected chi connectivity index (χ2v) is 4.63. The standard InChI is InChI=1S/C12H13Cl2NO4/c1-19-8(5-11(16)17)6-15-12(18)9-3-2-7(13)4-10(9)14/h2-4,8H,5-6H2,1H3,(H,15,18)(H,16,17). The lowest BCUT2D eigenvalue weighted by Crippen LogP contribution is -2.34. The summed E-state index contributed by atoms with van der Waals surface area (Å²) in [6.07, 6.45) is -0.780. The molecule has 0 aromatic heterocycles. The third-order valence-electron chi connectivity index (χ3n) is 2.40. The fourth-order valence-corrected chi connectivity index (χ4v) is 1.90. The van der Waals surface area contributed by atoms with Gasteiger partial charge < -0.3 is 15.2 Å². The van der Waals surface area contributed by atoms with Crippen molar-refractivity contribution in [3.05, 3.63) is 33.8 Å². The van der Waals surface area contributed by atoms with Gasteiger partial charge in [0.15, 0.2) is 0 Å². The van der Waals surface area contributed by atoms with E-state index in [1.54, 1.807) is 6.07 Å². The quantitative estimate of drug-likeness (QED) is 0.845. The number of carbonyl (C=O) groups is 2. The first-order valence-corrected chi connectivity index (χ1v) is 6.17. The molecule has 0 spiro atoms. The van der Waals surface area contributed by atoms with Gasteiger partial charge in [-0.15, -0.1) is 0 Å². The van der Waals surface area contributed by atoms with Crippen LogP contribution in [-0.4, -0.2) is 36.7 Å². The highest BCUT2D eigenvalue weighted by Gasteiger charge is 2.15. The van der Waals surface area contributed by atoms with Crippen LogP contribution < -0.4 is 5.32 Å². The molecule has 1 amide bonds. The molecule has 5 nitrogen and oxygen atoms in total. The molecule has 0 aliphatic heterocycles. The summed E-state index contributed by atoms with van der Waals surface area (Å²) >= 11 is 11.6. The first kappa shape index (κ1) is 15.8. The molecule has 1 rings (SSSR count). The van der Waals surface area contributed by atoms with Gasteiger partial charge in [-0.25, -0.2) is 0 Å². The Morgan fingerprint density at radius 3 is 2.63 bits per heavy atom. The second kappa shape index (κ2) is 7.33. The van der Waals surface area contributed by atoms with Crippen molar-refractivity contribution in [1.29, 1.82) is 0 Å². The molecule has 0 radical (unpaired) electrons. The lowest BCUT2D eigenvalue weighted by Gasteiger charge is -2.14. The number of hydrogen-bond donors (Lipinski definition) is 2. The molecule has 0 saturated heterocycles. The number of nitrogens with one attached hydrogen (secondary N) is 1. The minimum Gasteiger partial charge on any atom is -0.481 e. The van der Waals surface area contributed by atoms with Crippen molar-refractivity contribution < 1.29 is 19.4 Å². The van der Waals surface area contributed by atoms with Crippen molar-refractivity contribution >= 4 is 35.1 Å². The minimum atomic E-state index is -0.995. The SMILES string of the molecule is COC(CNC(=O)c1ccc(Cl)cc1Cl)CC(=O)O. The van der Waals surface area contributed by atoms with Gasteiger partial charge in [-0.3, -0.25) is 9.59 Å². The molecule has 104 valence electrons. The molecule has 1 aromatic carbocycles. The van der Waals surface area contributed by atoms with Gasteiger partial charge in [0.1, 0.15) is 0 Å². The van der Waals surface area contributed by atoms with Crippen molar-refractivity contribution in [2.45, 2.75) is 12.5 Å². The van der Waals surface area contributed by atoms with Crippen molar-refractivity contribution in [2.24, 2.45) is 0 Å². The molecule has 1 aromatic rings. The van der Waals surface area contributed by atoms with Crippen molar-refractivity contribution in [3.63, 3.8) is 0 Å². The largest absolute Gasteiger partial charge is 0.481 e. The minimum absolute atomic E-state index is 0.0839. The van der Waals surface area contributed by atoms with Crippen LogP contribution in [0.5, 0.6) is 0 Å². The maximum Gasteiger partial charge on any atom is 0.306 e. The summed E-state index contributed by atoms with van der Waals surface area (Å²) in [5.41, 5.74) is 0.274. The molecular weight excluding hydrogens is 293 g/mol. The third-order valence-corrected chi connectivity index (χ3v) is 2.95. The summed E-state index contributed by atoms with van der Waals surface area (Å²) in [6, 6.07) is 4.51. The molecule has 0 bridgehead atoms. The van der Waals surface area contributed by atoms with E-state index in [2.05, 4.69) is 5.32 Å². The Morgan fingerprint density at radius 1 is 1.42 bits per heavy atom. The van der Waals surface area contributed by atoms with E-state index in [0.717, 1.165) is 0 Å². The Hall–Kier alpha value is -1.30. The number of benzene rings is 1. The van der Waals surface area contributed by atoms with E-state index in [9.17, 15) is 9.59 Å². The fraction of sp³-hybridized carbons (Fsp3) is 0.333. The van der Waals surface area contributed by atoms with E-state index >= 15 is 0 Å². The van der Waals surface area contributed by atoms with Gasteiger partial charge in [0, 0.05) is 18.7 Å². The van der Waals surface area contributed by atoms with E-state index in [1.807, 2.05) is 0 Å². The molecule has 0 fully saturated rings. The molecule has 19 heavy (non-hydrogen) atoms. The number of rotatable bonds is 6. The first-order chi connectivity index (χ1) is 8.93. The lowest BCUT2D eigenvalue weighted by atomic mass is 10.2. The Labute approximate surface area is 120 Å². The average molecular weight is 306 g/mol. The smallest absolute Gasteiger partial charge is 0.306 e. The molecule has 1 atom stereocenters. The van der Waals surface area contributed by atoms with Crippen LogP contribution in [0.15, 0.2) is 18.2 Å². The van der Waals surface area contributed by atoms with Gasteiger partial charge in [-0.1, -0.05) is 23.2 Å². The first-order valence-electron chi connectivity index (χ1n) is 5.42. The van der Waals surface area contributed by atoms with Gasteiger partial charge >= 0.3 is 5.97 Å². The molecule has 1 unspecified atom stereocenters. The van der Waals surface area contributed by atoms with Crippen LogP contribution in [0.25, 0.3) is 0 Å². The number of ether oxygens (including phenoxy) is 1. The average Bonchev–Trinajstić information content (AvgIpc) is 2.33. The van der Waals surface area contributed by atoms with Crippen molar-refractivity contribution in [3.8, 4) is 0 Å². The second-order valence-electron chi connectivity index (χ2n) is 3.79. The van der Waals surface area contributed by atoms with Crippen LogP contribution in [0.2, 0.25) is 10.0 Å². The van der Waals surface area contributed by atoms with Crippen LogP contribution in [-0.2, 0) is 9.53 Å². The number of amides is 1.